The predicted octanol–water partition coefficient (Wildman–Crippen LogP) is 4.36. The van der Waals surface area contributed by atoms with Crippen molar-refractivity contribution in [2.75, 3.05) is 12.0 Å². The van der Waals surface area contributed by atoms with E-state index in [-0.39, 0.29) is 35.5 Å². The van der Waals surface area contributed by atoms with Gasteiger partial charge in [0.05, 0.1) is 0 Å². The van der Waals surface area contributed by atoms with Crippen LogP contribution < -0.4 is 5.32 Å². The average Bonchev–Trinajstić information content (AvgIpc) is 2.56. The fourth-order valence-corrected chi connectivity index (χ4v) is 3.18. The van der Waals surface area contributed by atoms with Gasteiger partial charge in [0.15, 0.2) is 0 Å². The summed E-state index contributed by atoms with van der Waals surface area (Å²) in [6.07, 6.45) is 16.6. The molecule has 0 spiro atoms. The number of hydrogen-bond acceptors (Lipinski definition) is 3. The molecule has 0 unspecified atom stereocenters. The van der Waals surface area contributed by atoms with Crippen molar-refractivity contribution in [2.24, 2.45) is 0 Å². The van der Waals surface area contributed by atoms with Crippen LogP contribution in [0.2, 0.25) is 0 Å². The van der Waals surface area contributed by atoms with Gasteiger partial charge in [-0.25, -0.2) is 4.79 Å². The molecule has 0 saturated heterocycles. The number of thioether (sulfide) groups is 1. The molecule has 1 amide bonds. The van der Waals surface area contributed by atoms with E-state index in [1.54, 1.807) is 11.8 Å². The molecule has 2 N–H and O–H groups in total. The van der Waals surface area contributed by atoms with Gasteiger partial charge in [-0.1, -0.05) is 71.1 Å². The van der Waals surface area contributed by atoms with Crippen LogP contribution in [0.1, 0.15) is 90.4 Å². The number of hydrogen-bond donors (Lipinski definition) is 2. The van der Waals surface area contributed by atoms with Crippen LogP contribution in [0.3, 0.4) is 0 Å². The Balaban J connectivity index is 0. The topological polar surface area (TPSA) is 66.4 Å². The van der Waals surface area contributed by atoms with Gasteiger partial charge in [0, 0.05) is 6.42 Å². The number of carbonyl (C=O) groups excluding carboxylic acids is 1. The van der Waals surface area contributed by atoms with Crippen molar-refractivity contribution < 1.29 is 14.7 Å². The van der Waals surface area contributed by atoms with Gasteiger partial charge >= 0.3 is 35.5 Å². The Labute approximate surface area is 181 Å². The molecular formula is C19H38NNaO3S. The van der Waals surface area contributed by atoms with E-state index >= 15 is 0 Å². The van der Waals surface area contributed by atoms with Gasteiger partial charge in [-0.3, -0.25) is 4.79 Å². The van der Waals surface area contributed by atoms with Gasteiger partial charge < -0.3 is 10.4 Å². The minimum absolute atomic E-state index is 0. The van der Waals surface area contributed by atoms with Crippen molar-refractivity contribution in [3.63, 3.8) is 0 Å². The second-order valence-corrected chi connectivity index (χ2v) is 7.51. The van der Waals surface area contributed by atoms with E-state index in [9.17, 15) is 9.59 Å². The zero-order chi connectivity index (χ0) is 18.0. The zero-order valence-corrected chi connectivity index (χ0v) is 16.5. The molecule has 0 fully saturated rings. The van der Waals surface area contributed by atoms with E-state index in [0.29, 0.717) is 12.8 Å². The van der Waals surface area contributed by atoms with E-state index in [0.717, 1.165) is 18.6 Å². The fraction of sp³-hybridized carbons (Fsp3) is 0.895. The van der Waals surface area contributed by atoms with Gasteiger partial charge in [-0.15, -0.1) is 0 Å². The summed E-state index contributed by atoms with van der Waals surface area (Å²) in [6, 6.07) is -0.738. The first-order valence-corrected chi connectivity index (χ1v) is 11.0. The molecule has 0 aromatic carbocycles. The van der Waals surface area contributed by atoms with Crippen LogP contribution in [0, 0.1) is 0 Å². The third-order valence-electron chi connectivity index (χ3n) is 4.25. The van der Waals surface area contributed by atoms with Crippen molar-refractivity contribution in [2.45, 2.75) is 96.4 Å². The van der Waals surface area contributed by atoms with Crippen LogP contribution in [-0.4, -0.2) is 64.6 Å². The maximum atomic E-state index is 11.8. The number of unbranched alkanes of at least 4 members (excludes halogenated alkanes) is 10. The molecule has 0 aliphatic carbocycles. The van der Waals surface area contributed by atoms with Crippen LogP contribution >= 0.6 is 11.8 Å². The Bertz CT molecular complexity index is 330. The molecule has 0 aliphatic heterocycles. The Morgan fingerprint density at radius 1 is 0.920 bits per heavy atom. The molecule has 0 aliphatic rings. The molecule has 0 saturated carbocycles. The van der Waals surface area contributed by atoms with E-state index in [1.165, 1.54) is 57.8 Å². The fourth-order valence-electron chi connectivity index (χ4n) is 2.71. The minimum atomic E-state index is -0.934. The summed E-state index contributed by atoms with van der Waals surface area (Å²) in [7, 11) is 0. The summed E-state index contributed by atoms with van der Waals surface area (Å²) in [6.45, 7) is 2.24. The van der Waals surface area contributed by atoms with Crippen LogP contribution in [0.25, 0.3) is 0 Å². The standard InChI is InChI=1S/C19H37NO3S.Na.H/c1-3-4-5-6-7-8-9-10-11-12-13-14-18(21)20-17(19(22)23)15-16-24-2;;/h17H,3-16H2,1-2H3,(H,20,21)(H,22,23);;/t17-;;/m0../s1. The first kappa shape index (κ1) is 27.5. The first-order valence-electron chi connectivity index (χ1n) is 9.63. The van der Waals surface area contributed by atoms with Crippen molar-refractivity contribution >= 4 is 53.2 Å². The third kappa shape index (κ3) is 18.9. The number of nitrogens with one attached hydrogen (secondary N) is 1. The predicted molar refractivity (Wildman–Crippen MR) is 111 cm³/mol. The summed E-state index contributed by atoms with van der Waals surface area (Å²) >= 11 is 1.60. The second-order valence-electron chi connectivity index (χ2n) is 6.53. The van der Waals surface area contributed by atoms with E-state index in [4.69, 9.17) is 5.11 Å². The first-order chi connectivity index (χ1) is 11.6. The molecule has 0 bridgehead atoms. The molecule has 4 nitrogen and oxygen atoms in total. The summed E-state index contributed by atoms with van der Waals surface area (Å²) in [5.41, 5.74) is 0. The Morgan fingerprint density at radius 3 is 1.84 bits per heavy atom. The molecule has 0 heterocycles. The Kier molecular flexibility index (Phi) is 22.7. The maximum absolute atomic E-state index is 11.8. The number of carboxylic acids is 1. The Morgan fingerprint density at radius 2 is 1.40 bits per heavy atom. The van der Waals surface area contributed by atoms with Gasteiger partial charge in [-0.2, -0.15) is 11.8 Å². The summed E-state index contributed by atoms with van der Waals surface area (Å²) in [5.74, 6) is -0.314. The summed E-state index contributed by atoms with van der Waals surface area (Å²) in [4.78, 5) is 22.9. The van der Waals surface area contributed by atoms with Crippen molar-refractivity contribution in [3.8, 4) is 0 Å². The molecule has 0 radical (unpaired) electrons. The van der Waals surface area contributed by atoms with E-state index < -0.39 is 12.0 Å². The van der Waals surface area contributed by atoms with Crippen LogP contribution in [0.15, 0.2) is 0 Å². The SMILES string of the molecule is CCCCCCCCCCCCCC(=O)N[C@@H](CCSC)C(=O)O.[NaH]. The summed E-state index contributed by atoms with van der Waals surface area (Å²) in [5, 5.41) is 11.7. The second kappa shape index (κ2) is 20.6. The number of rotatable bonds is 17. The molecule has 0 aromatic rings. The number of amides is 1. The number of carboxylic acid groups (broad SMARTS) is 1. The van der Waals surface area contributed by atoms with Gasteiger partial charge in [0.1, 0.15) is 6.04 Å². The van der Waals surface area contributed by atoms with Crippen molar-refractivity contribution in [1.29, 1.82) is 0 Å². The van der Waals surface area contributed by atoms with Crippen LogP contribution in [0.5, 0.6) is 0 Å². The van der Waals surface area contributed by atoms with Gasteiger partial charge in [-0.05, 0) is 24.9 Å². The molecule has 1 atom stereocenters. The zero-order valence-electron chi connectivity index (χ0n) is 15.6. The molecule has 6 heteroatoms. The van der Waals surface area contributed by atoms with E-state index in [1.807, 2.05) is 6.26 Å². The molecule has 144 valence electrons. The monoisotopic (exact) mass is 383 g/mol. The van der Waals surface area contributed by atoms with Gasteiger partial charge in [0.2, 0.25) is 5.91 Å². The number of carbonyl (C=O) groups is 2. The summed E-state index contributed by atoms with van der Waals surface area (Å²) < 4.78 is 0. The van der Waals surface area contributed by atoms with Gasteiger partial charge in [0.25, 0.3) is 0 Å². The van der Waals surface area contributed by atoms with Crippen molar-refractivity contribution in [3.05, 3.63) is 0 Å². The van der Waals surface area contributed by atoms with Crippen LogP contribution in [0.4, 0.5) is 0 Å². The molecule has 0 rings (SSSR count). The number of aliphatic carboxylic acids is 1. The van der Waals surface area contributed by atoms with Crippen LogP contribution in [-0.2, 0) is 9.59 Å². The molecular weight excluding hydrogens is 345 g/mol. The molecule has 0 aromatic heterocycles. The average molecular weight is 384 g/mol. The normalized spacial score (nSPS) is 11.6. The van der Waals surface area contributed by atoms with Crippen molar-refractivity contribution in [1.82, 2.24) is 5.32 Å². The molecule has 25 heavy (non-hydrogen) atoms. The van der Waals surface area contributed by atoms with E-state index in [2.05, 4.69) is 12.2 Å². The third-order valence-corrected chi connectivity index (χ3v) is 4.90. The quantitative estimate of drug-likeness (QED) is 0.289. The Hall–Kier alpha value is 0.290.